The summed E-state index contributed by atoms with van der Waals surface area (Å²) in [5.41, 5.74) is 2.70. The van der Waals surface area contributed by atoms with E-state index in [2.05, 4.69) is 25.1 Å². The summed E-state index contributed by atoms with van der Waals surface area (Å²) in [6, 6.07) is 10.3. The van der Waals surface area contributed by atoms with Gasteiger partial charge in [-0.15, -0.1) is 0 Å². The smallest absolute Gasteiger partial charge is 0.314 e. The van der Waals surface area contributed by atoms with Gasteiger partial charge in [0.2, 0.25) is 11.6 Å². The van der Waals surface area contributed by atoms with Gasteiger partial charge in [-0.25, -0.2) is 19.3 Å². The molecule has 2 amide bonds. The normalized spacial score (nSPS) is 16.3. The molecule has 4 aromatic rings. The number of carbonyl (C=O) groups excluding carboxylic acids is 2. The van der Waals surface area contributed by atoms with Gasteiger partial charge in [0.1, 0.15) is 29.5 Å². The van der Waals surface area contributed by atoms with Crippen LogP contribution in [0.3, 0.4) is 0 Å². The van der Waals surface area contributed by atoms with Crippen LogP contribution in [0.1, 0.15) is 19.8 Å². The molecule has 0 radical (unpaired) electrons. The minimum atomic E-state index is -0.528. The molecule has 0 aliphatic carbocycles. The van der Waals surface area contributed by atoms with E-state index < -0.39 is 5.37 Å². The van der Waals surface area contributed by atoms with Crippen LogP contribution in [-0.2, 0) is 4.79 Å². The predicted molar refractivity (Wildman–Crippen MR) is 155 cm³/mol. The number of nitrogens with zero attached hydrogens (tertiary/aromatic N) is 6. The van der Waals surface area contributed by atoms with E-state index in [-0.39, 0.29) is 17.8 Å². The summed E-state index contributed by atoms with van der Waals surface area (Å²) in [7, 11) is 0. The molecule has 2 aliphatic heterocycles. The van der Waals surface area contributed by atoms with Crippen molar-refractivity contribution in [1.82, 2.24) is 25.2 Å². The number of carbonyl (C=O) groups is 2. The Morgan fingerprint density at radius 1 is 0.927 bits per heavy atom. The number of fused-ring (bicyclic) bond motifs is 1. The lowest BCUT2D eigenvalue weighted by atomic mass is 9.99. The highest BCUT2D eigenvalue weighted by Gasteiger charge is 2.28. The Hall–Kier alpha value is -4.25. The number of piperazine rings is 1. The third-order valence-electron chi connectivity index (χ3n) is 7.77. The highest BCUT2D eigenvalue weighted by atomic mass is 35.5. The van der Waals surface area contributed by atoms with Crippen molar-refractivity contribution >= 4 is 45.6 Å². The zero-order valence-electron chi connectivity index (χ0n) is 22.5. The number of furan rings is 1. The molecule has 5 heterocycles. The number of rotatable bonds is 5. The van der Waals surface area contributed by atoms with Gasteiger partial charge in [-0.1, -0.05) is 12.1 Å². The number of pyridine rings is 1. The minimum absolute atomic E-state index is 0.0532. The lowest BCUT2D eigenvalue weighted by Crippen LogP contribution is -2.48. The quantitative estimate of drug-likeness (QED) is 0.269. The lowest BCUT2D eigenvalue weighted by Gasteiger charge is -2.35. The van der Waals surface area contributed by atoms with E-state index in [9.17, 15) is 14.0 Å². The van der Waals surface area contributed by atoms with Crippen LogP contribution in [0.25, 0.3) is 33.6 Å². The number of piperidine rings is 1. The Kier molecular flexibility index (Phi) is 7.44. The van der Waals surface area contributed by atoms with Crippen LogP contribution in [-0.4, -0.2) is 76.4 Å². The van der Waals surface area contributed by atoms with Crippen molar-refractivity contribution < 1.29 is 18.4 Å². The number of halogens is 2. The molecule has 2 saturated heterocycles. The van der Waals surface area contributed by atoms with E-state index in [0.29, 0.717) is 43.5 Å². The van der Waals surface area contributed by atoms with Crippen LogP contribution in [0.2, 0.25) is 0 Å². The molecule has 10 nitrogen and oxygen atoms in total. The Labute approximate surface area is 241 Å². The van der Waals surface area contributed by atoms with Crippen molar-refractivity contribution in [3.63, 3.8) is 0 Å². The van der Waals surface area contributed by atoms with Gasteiger partial charge in [0.15, 0.2) is 0 Å². The second-order valence-electron chi connectivity index (χ2n) is 10.3. The number of amides is 2. The first-order valence-corrected chi connectivity index (χ1v) is 14.0. The fourth-order valence-electron chi connectivity index (χ4n) is 5.61. The molecule has 6 rings (SSSR count). The topological polar surface area (TPSA) is 108 Å². The van der Waals surface area contributed by atoms with Crippen molar-refractivity contribution in [2.75, 3.05) is 49.1 Å². The molecule has 1 aromatic carbocycles. The maximum Gasteiger partial charge on any atom is 0.314 e. The van der Waals surface area contributed by atoms with Crippen molar-refractivity contribution in [2.45, 2.75) is 25.8 Å². The molecule has 0 unspecified atom stereocenters. The number of hydrogen-bond donors (Lipinski definition) is 1. The van der Waals surface area contributed by atoms with E-state index in [4.69, 9.17) is 21.0 Å². The van der Waals surface area contributed by atoms with E-state index >= 15 is 0 Å². The Balaban J connectivity index is 1.35. The molecule has 3 aromatic heterocycles. The summed E-state index contributed by atoms with van der Waals surface area (Å²) in [6.45, 7) is 5.50. The summed E-state index contributed by atoms with van der Waals surface area (Å²) < 4.78 is 20.3. The molecule has 0 spiro atoms. The summed E-state index contributed by atoms with van der Waals surface area (Å²) >= 11 is 5.48. The third-order valence-corrected chi connectivity index (χ3v) is 7.88. The summed E-state index contributed by atoms with van der Waals surface area (Å²) in [6.07, 6.45) is 4.81. The predicted octanol–water partition coefficient (Wildman–Crippen LogP) is 4.68. The Morgan fingerprint density at radius 3 is 2.27 bits per heavy atom. The first kappa shape index (κ1) is 26.9. The fourth-order valence-corrected chi connectivity index (χ4v) is 5.76. The molecule has 41 heavy (non-hydrogen) atoms. The van der Waals surface area contributed by atoms with Crippen LogP contribution < -0.4 is 15.1 Å². The molecule has 1 N–H and O–H groups in total. The molecule has 2 aliphatic rings. The van der Waals surface area contributed by atoms with Crippen LogP contribution in [0.4, 0.5) is 20.8 Å². The molecule has 0 saturated carbocycles. The zero-order chi connectivity index (χ0) is 28.5. The average Bonchev–Trinajstić information content (AvgIpc) is 3.38. The van der Waals surface area contributed by atoms with Crippen LogP contribution in [0.15, 0.2) is 53.3 Å². The SMILES string of the molecule is CC(=O)N1CCN(c2ncnc3oc(-c4ccc(N5CCC(NC(=O)Cl)CC5)nc4)c(-c4ccc(F)cc4)c23)CC1. The molecule has 12 heteroatoms. The summed E-state index contributed by atoms with van der Waals surface area (Å²) in [5.74, 6) is 1.83. The van der Waals surface area contributed by atoms with Gasteiger partial charge >= 0.3 is 5.37 Å². The standard InChI is InChI=1S/C29H29ClFN7O3/c1-18(39)36-12-14-38(15-13-36)27-25-24(19-2-5-21(31)6-3-19)26(41-28(25)34-17-33-27)20-4-7-23(32-16-20)37-10-8-22(9-11-37)35-29(30)40/h2-7,16-17,22H,8-15H2,1H3,(H,35,40). The van der Waals surface area contributed by atoms with Gasteiger partial charge in [-0.05, 0) is 54.3 Å². The molecular formula is C29H29ClFN7O3. The maximum atomic E-state index is 13.9. The minimum Gasteiger partial charge on any atom is -0.437 e. The second-order valence-corrected chi connectivity index (χ2v) is 10.6. The fraction of sp³-hybridized carbons (Fsp3) is 0.345. The van der Waals surface area contributed by atoms with Crippen molar-refractivity contribution in [3.05, 3.63) is 54.7 Å². The van der Waals surface area contributed by atoms with Crippen LogP contribution in [0, 0.1) is 5.82 Å². The third kappa shape index (κ3) is 5.54. The Morgan fingerprint density at radius 2 is 1.63 bits per heavy atom. The van der Waals surface area contributed by atoms with Crippen LogP contribution >= 0.6 is 11.6 Å². The summed E-state index contributed by atoms with van der Waals surface area (Å²) in [4.78, 5) is 43.0. The van der Waals surface area contributed by atoms with Gasteiger partial charge in [0.05, 0.1) is 5.39 Å². The summed E-state index contributed by atoms with van der Waals surface area (Å²) in [5, 5.41) is 2.98. The van der Waals surface area contributed by atoms with E-state index in [1.807, 2.05) is 17.0 Å². The van der Waals surface area contributed by atoms with Crippen molar-refractivity contribution in [2.24, 2.45) is 0 Å². The van der Waals surface area contributed by atoms with Crippen molar-refractivity contribution in [1.29, 1.82) is 0 Å². The average molecular weight is 578 g/mol. The van der Waals surface area contributed by atoms with Gasteiger partial charge in [0, 0.05) is 69.6 Å². The second kappa shape index (κ2) is 11.3. The van der Waals surface area contributed by atoms with E-state index in [1.165, 1.54) is 18.5 Å². The highest BCUT2D eigenvalue weighted by Crippen LogP contribution is 2.43. The van der Waals surface area contributed by atoms with Crippen molar-refractivity contribution in [3.8, 4) is 22.5 Å². The van der Waals surface area contributed by atoms with Crippen LogP contribution in [0.5, 0.6) is 0 Å². The van der Waals surface area contributed by atoms with Gasteiger partial charge in [-0.3, -0.25) is 9.59 Å². The lowest BCUT2D eigenvalue weighted by molar-refractivity contribution is -0.129. The number of nitrogens with one attached hydrogen (secondary N) is 1. The number of hydrogen-bond acceptors (Lipinski definition) is 8. The molecule has 0 bridgehead atoms. The maximum absolute atomic E-state index is 13.9. The van der Waals surface area contributed by atoms with Gasteiger partial charge < -0.3 is 24.4 Å². The number of anilines is 2. The molecule has 212 valence electrons. The molecule has 2 fully saturated rings. The Bertz CT molecular complexity index is 1560. The first-order valence-electron chi connectivity index (χ1n) is 13.6. The molecule has 0 atom stereocenters. The first-order chi connectivity index (χ1) is 19.9. The largest absolute Gasteiger partial charge is 0.437 e. The van der Waals surface area contributed by atoms with Gasteiger partial charge in [0.25, 0.3) is 0 Å². The van der Waals surface area contributed by atoms with E-state index in [1.54, 1.807) is 25.3 Å². The number of benzene rings is 1. The molecular weight excluding hydrogens is 549 g/mol. The van der Waals surface area contributed by atoms with E-state index in [0.717, 1.165) is 53.8 Å². The van der Waals surface area contributed by atoms with Gasteiger partial charge in [-0.2, -0.15) is 0 Å². The highest BCUT2D eigenvalue weighted by molar-refractivity contribution is 6.63. The monoisotopic (exact) mass is 577 g/mol. The zero-order valence-corrected chi connectivity index (χ0v) is 23.3. The number of aromatic nitrogens is 3.